The number of aliphatic imine (C=N–C) groups is 1. The summed E-state index contributed by atoms with van der Waals surface area (Å²) in [6, 6.07) is 11.2. The molecule has 0 N–H and O–H groups in total. The first-order chi connectivity index (χ1) is 7.42. The molecule has 3 nitrogen and oxygen atoms in total. The van der Waals surface area contributed by atoms with Crippen molar-refractivity contribution in [3.8, 4) is 11.1 Å². The summed E-state index contributed by atoms with van der Waals surface area (Å²) in [5.74, 6) is 0. The Bertz CT molecular complexity index is 502. The highest BCUT2D eigenvalue weighted by molar-refractivity contribution is 5.76. The highest BCUT2D eigenvalue weighted by Crippen LogP contribution is 2.28. The molecule has 2 aromatic rings. The van der Waals surface area contributed by atoms with E-state index in [0.717, 1.165) is 11.1 Å². The zero-order chi connectivity index (χ0) is 10.5. The lowest BCUT2D eigenvalue weighted by molar-refractivity contribution is 0.565. The molecule has 3 heteroatoms. The second-order valence-electron chi connectivity index (χ2n) is 2.96. The number of hydrogen-bond donors (Lipinski definition) is 0. The fourth-order valence-electron chi connectivity index (χ4n) is 1.40. The van der Waals surface area contributed by atoms with Crippen molar-refractivity contribution in [1.82, 2.24) is 4.98 Å². The van der Waals surface area contributed by atoms with Crippen LogP contribution in [0.4, 0.5) is 5.69 Å². The lowest BCUT2D eigenvalue weighted by Crippen LogP contribution is -1.79. The van der Waals surface area contributed by atoms with Crippen molar-refractivity contribution in [2.24, 2.45) is 4.99 Å². The van der Waals surface area contributed by atoms with Crippen LogP contribution in [-0.4, -0.2) is 11.1 Å². The van der Waals surface area contributed by atoms with Crippen LogP contribution in [-0.2, 0) is 4.79 Å². The number of nitrogens with zero attached hydrogens (tertiary/aromatic N) is 2. The molecule has 1 aromatic heterocycles. The molecule has 0 amide bonds. The average molecular weight is 196 g/mol. The fraction of sp³-hybridized carbons (Fsp3) is 0. The largest absolute Gasteiger partial charge is 0.265 e. The van der Waals surface area contributed by atoms with E-state index >= 15 is 0 Å². The van der Waals surface area contributed by atoms with Gasteiger partial charge < -0.3 is 0 Å². The smallest absolute Gasteiger partial charge is 0.240 e. The molecule has 2 rings (SSSR count). The van der Waals surface area contributed by atoms with Gasteiger partial charge in [0.25, 0.3) is 0 Å². The van der Waals surface area contributed by atoms with Gasteiger partial charge in [-0.2, -0.15) is 4.99 Å². The number of benzene rings is 1. The third-order valence-electron chi connectivity index (χ3n) is 2.06. The molecule has 0 bridgehead atoms. The molecule has 0 saturated carbocycles. The van der Waals surface area contributed by atoms with Gasteiger partial charge in [0.05, 0.1) is 5.69 Å². The molecule has 0 unspecified atom stereocenters. The molecular weight excluding hydrogens is 188 g/mol. The first kappa shape index (κ1) is 9.31. The molecular formula is C12H8N2O. The van der Waals surface area contributed by atoms with Crippen LogP contribution in [0.5, 0.6) is 0 Å². The summed E-state index contributed by atoms with van der Waals surface area (Å²) in [6.07, 6.45) is 4.96. The minimum Gasteiger partial charge on any atom is -0.265 e. The molecule has 0 aliphatic rings. The molecule has 0 saturated heterocycles. The van der Waals surface area contributed by atoms with Gasteiger partial charge in [-0.15, -0.1) is 0 Å². The van der Waals surface area contributed by atoms with E-state index in [9.17, 15) is 4.79 Å². The maximum Gasteiger partial charge on any atom is 0.240 e. The Labute approximate surface area is 87.1 Å². The van der Waals surface area contributed by atoms with Crippen LogP contribution < -0.4 is 0 Å². The van der Waals surface area contributed by atoms with Crippen LogP contribution in [0.3, 0.4) is 0 Å². The molecule has 0 atom stereocenters. The number of carbonyl (C=O) groups excluding carboxylic acids is 1. The number of hydrogen-bond acceptors (Lipinski definition) is 3. The molecule has 72 valence electrons. The van der Waals surface area contributed by atoms with E-state index < -0.39 is 0 Å². The van der Waals surface area contributed by atoms with E-state index in [1.54, 1.807) is 24.5 Å². The molecule has 0 fully saturated rings. The molecule has 0 aliphatic heterocycles. The predicted molar refractivity (Wildman–Crippen MR) is 57.5 cm³/mol. The second kappa shape index (κ2) is 4.31. The predicted octanol–water partition coefficient (Wildman–Crippen LogP) is 2.72. The van der Waals surface area contributed by atoms with E-state index in [1.807, 2.05) is 30.3 Å². The highest BCUT2D eigenvalue weighted by atomic mass is 16.1. The van der Waals surface area contributed by atoms with E-state index in [2.05, 4.69) is 9.98 Å². The van der Waals surface area contributed by atoms with Crippen LogP contribution in [0.2, 0.25) is 0 Å². The van der Waals surface area contributed by atoms with Gasteiger partial charge in [-0.3, -0.25) is 4.98 Å². The SMILES string of the molecule is O=C=Nc1ccccc1-c1ccncc1. The average Bonchev–Trinajstić information content (AvgIpc) is 2.31. The summed E-state index contributed by atoms with van der Waals surface area (Å²) in [5, 5.41) is 0. The second-order valence-corrected chi connectivity index (χ2v) is 2.96. The minimum atomic E-state index is 0.624. The summed E-state index contributed by atoms with van der Waals surface area (Å²) in [4.78, 5) is 17.8. The van der Waals surface area contributed by atoms with Crippen LogP contribution >= 0.6 is 0 Å². The van der Waals surface area contributed by atoms with Crippen molar-refractivity contribution in [1.29, 1.82) is 0 Å². The first-order valence-electron chi connectivity index (χ1n) is 4.49. The molecule has 0 aliphatic carbocycles. The van der Waals surface area contributed by atoms with E-state index in [0.29, 0.717) is 5.69 Å². The normalized spacial score (nSPS) is 9.33. The van der Waals surface area contributed by atoms with Crippen molar-refractivity contribution < 1.29 is 4.79 Å². The van der Waals surface area contributed by atoms with Crippen molar-refractivity contribution in [2.75, 3.05) is 0 Å². The maximum atomic E-state index is 10.3. The summed E-state index contributed by atoms with van der Waals surface area (Å²) in [5.41, 5.74) is 2.52. The molecule has 0 spiro atoms. The topological polar surface area (TPSA) is 42.3 Å². The number of para-hydroxylation sites is 1. The van der Waals surface area contributed by atoms with E-state index in [1.165, 1.54) is 0 Å². The van der Waals surface area contributed by atoms with Crippen LogP contribution in [0, 0.1) is 0 Å². The zero-order valence-corrected chi connectivity index (χ0v) is 7.92. The maximum absolute atomic E-state index is 10.3. The first-order valence-corrected chi connectivity index (χ1v) is 4.49. The monoisotopic (exact) mass is 196 g/mol. The summed E-state index contributed by atoms with van der Waals surface area (Å²) >= 11 is 0. The van der Waals surface area contributed by atoms with E-state index in [4.69, 9.17) is 0 Å². The van der Waals surface area contributed by atoms with Gasteiger partial charge in [-0.1, -0.05) is 18.2 Å². The Hall–Kier alpha value is -2.25. The third kappa shape index (κ3) is 1.98. The zero-order valence-electron chi connectivity index (χ0n) is 7.92. The molecule has 1 aromatic carbocycles. The van der Waals surface area contributed by atoms with Crippen LogP contribution in [0.25, 0.3) is 11.1 Å². The van der Waals surface area contributed by atoms with Gasteiger partial charge in [0.1, 0.15) is 0 Å². The van der Waals surface area contributed by atoms with E-state index in [-0.39, 0.29) is 0 Å². The summed E-state index contributed by atoms with van der Waals surface area (Å²) in [6.45, 7) is 0. The van der Waals surface area contributed by atoms with Gasteiger partial charge in [0.15, 0.2) is 0 Å². The Morgan fingerprint density at radius 3 is 2.53 bits per heavy atom. The van der Waals surface area contributed by atoms with Gasteiger partial charge in [0.2, 0.25) is 6.08 Å². The Balaban J connectivity index is 2.58. The molecule has 1 heterocycles. The van der Waals surface area contributed by atoms with Crippen molar-refractivity contribution >= 4 is 11.8 Å². The Morgan fingerprint density at radius 1 is 1.07 bits per heavy atom. The van der Waals surface area contributed by atoms with Crippen molar-refractivity contribution in [2.45, 2.75) is 0 Å². The Kier molecular flexibility index (Phi) is 2.68. The molecule has 15 heavy (non-hydrogen) atoms. The minimum absolute atomic E-state index is 0.624. The number of aromatic nitrogens is 1. The summed E-state index contributed by atoms with van der Waals surface area (Å²) < 4.78 is 0. The standard InChI is InChI=1S/C12H8N2O/c15-9-14-12-4-2-1-3-11(12)10-5-7-13-8-6-10/h1-8H. The van der Waals surface area contributed by atoms with Crippen LogP contribution in [0.15, 0.2) is 53.8 Å². The Morgan fingerprint density at radius 2 is 1.80 bits per heavy atom. The number of pyridine rings is 1. The van der Waals surface area contributed by atoms with Gasteiger partial charge >= 0.3 is 0 Å². The number of isocyanates is 1. The lowest BCUT2D eigenvalue weighted by atomic mass is 10.1. The fourth-order valence-corrected chi connectivity index (χ4v) is 1.40. The van der Waals surface area contributed by atoms with Gasteiger partial charge in [-0.25, -0.2) is 4.79 Å². The quantitative estimate of drug-likeness (QED) is 0.547. The lowest BCUT2D eigenvalue weighted by Gasteiger charge is -2.02. The van der Waals surface area contributed by atoms with Gasteiger partial charge in [0, 0.05) is 18.0 Å². The van der Waals surface area contributed by atoms with Crippen molar-refractivity contribution in [3.63, 3.8) is 0 Å². The summed E-state index contributed by atoms with van der Waals surface area (Å²) in [7, 11) is 0. The highest BCUT2D eigenvalue weighted by Gasteiger charge is 2.02. The van der Waals surface area contributed by atoms with Gasteiger partial charge in [-0.05, 0) is 23.8 Å². The van der Waals surface area contributed by atoms with Crippen LogP contribution in [0.1, 0.15) is 0 Å². The third-order valence-corrected chi connectivity index (χ3v) is 2.06. The molecule has 0 radical (unpaired) electrons. The number of rotatable bonds is 2. The van der Waals surface area contributed by atoms with Crippen molar-refractivity contribution in [3.05, 3.63) is 48.8 Å².